The largest absolute Gasteiger partial charge is 0.370 e. The van der Waals surface area contributed by atoms with Crippen molar-refractivity contribution in [2.24, 2.45) is 0 Å². The highest BCUT2D eigenvalue weighted by Gasteiger charge is 2.19. The molecular weight excluding hydrogens is 198 g/mol. The molecule has 2 rings (SSSR count). The van der Waals surface area contributed by atoms with Crippen molar-refractivity contribution >= 4 is 0 Å². The first-order valence-corrected chi connectivity index (χ1v) is 6.14. The molecule has 0 amide bonds. The molecule has 16 heavy (non-hydrogen) atoms. The summed E-state index contributed by atoms with van der Waals surface area (Å²) in [6.07, 6.45) is 2.97. The van der Waals surface area contributed by atoms with Crippen LogP contribution < -0.4 is 0 Å². The average Bonchev–Trinajstić information content (AvgIpc) is 2.33. The van der Waals surface area contributed by atoms with E-state index in [0.29, 0.717) is 6.10 Å². The number of hydrogen-bond acceptors (Lipinski definition) is 2. The van der Waals surface area contributed by atoms with Crippen LogP contribution in [0.1, 0.15) is 31.4 Å². The molecule has 2 nitrogen and oxygen atoms in total. The van der Waals surface area contributed by atoms with Crippen LogP contribution in [0.3, 0.4) is 0 Å². The highest BCUT2D eigenvalue weighted by molar-refractivity contribution is 5.16. The monoisotopic (exact) mass is 219 g/mol. The molecule has 1 unspecified atom stereocenters. The fourth-order valence-corrected chi connectivity index (χ4v) is 2.21. The predicted molar refractivity (Wildman–Crippen MR) is 66.5 cm³/mol. The third-order valence-electron chi connectivity index (χ3n) is 3.33. The van der Waals surface area contributed by atoms with Crippen molar-refractivity contribution in [3.8, 4) is 0 Å². The lowest BCUT2D eigenvalue weighted by Crippen LogP contribution is -2.34. The Morgan fingerprint density at radius 2 is 1.81 bits per heavy atom. The summed E-state index contributed by atoms with van der Waals surface area (Å²) < 4.78 is 6.10. The zero-order chi connectivity index (χ0) is 11.4. The maximum atomic E-state index is 6.10. The molecule has 0 saturated carbocycles. The molecular formula is C14H21NO. The summed E-state index contributed by atoms with van der Waals surface area (Å²) in [5.41, 5.74) is 1.28. The van der Waals surface area contributed by atoms with Gasteiger partial charge in [0, 0.05) is 13.1 Å². The Morgan fingerprint density at radius 1 is 1.19 bits per heavy atom. The van der Waals surface area contributed by atoms with Crippen molar-refractivity contribution in [1.82, 2.24) is 4.90 Å². The molecule has 1 fully saturated rings. The molecule has 0 spiro atoms. The molecule has 1 heterocycles. The van der Waals surface area contributed by atoms with Gasteiger partial charge in [-0.2, -0.15) is 0 Å². The standard InChI is InChI=1S/C14H21NO/c1-12(13-6-4-3-5-7-13)16-14-8-10-15(2)11-9-14/h3-7,12,14H,8-11H2,1-2H3. The molecule has 1 aromatic rings. The Bertz CT molecular complexity index is 304. The highest BCUT2D eigenvalue weighted by Crippen LogP contribution is 2.22. The molecule has 1 aliphatic heterocycles. The Balaban J connectivity index is 1.86. The van der Waals surface area contributed by atoms with Crippen LogP contribution in [0.2, 0.25) is 0 Å². The first-order valence-electron chi connectivity index (χ1n) is 6.14. The summed E-state index contributed by atoms with van der Waals surface area (Å²) in [5, 5.41) is 0. The van der Waals surface area contributed by atoms with Crippen molar-refractivity contribution in [1.29, 1.82) is 0 Å². The van der Waals surface area contributed by atoms with Gasteiger partial charge < -0.3 is 9.64 Å². The van der Waals surface area contributed by atoms with Gasteiger partial charge in [0.05, 0.1) is 12.2 Å². The summed E-state index contributed by atoms with van der Waals surface area (Å²) in [6, 6.07) is 10.5. The number of benzene rings is 1. The zero-order valence-electron chi connectivity index (χ0n) is 10.2. The molecule has 2 heteroatoms. The topological polar surface area (TPSA) is 12.5 Å². The number of ether oxygens (including phenoxy) is 1. The summed E-state index contributed by atoms with van der Waals surface area (Å²) in [4.78, 5) is 2.37. The highest BCUT2D eigenvalue weighted by atomic mass is 16.5. The number of hydrogen-bond donors (Lipinski definition) is 0. The number of rotatable bonds is 3. The van der Waals surface area contributed by atoms with Gasteiger partial charge in [0.2, 0.25) is 0 Å². The third-order valence-corrected chi connectivity index (χ3v) is 3.33. The molecule has 0 aliphatic carbocycles. The van der Waals surface area contributed by atoms with E-state index in [1.165, 1.54) is 5.56 Å². The number of piperidine rings is 1. The minimum Gasteiger partial charge on any atom is -0.370 e. The quantitative estimate of drug-likeness (QED) is 0.775. The molecule has 88 valence electrons. The van der Waals surface area contributed by atoms with Crippen LogP contribution >= 0.6 is 0 Å². The van der Waals surface area contributed by atoms with Crippen molar-refractivity contribution in [2.45, 2.75) is 32.0 Å². The van der Waals surface area contributed by atoms with Crippen molar-refractivity contribution in [2.75, 3.05) is 20.1 Å². The number of nitrogens with zero attached hydrogens (tertiary/aromatic N) is 1. The second-order valence-electron chi connectivity index (χ2n) is 4.69. The molecule has 1 saturated heterocycles. The van der Waals surface area contributed by atoms with Crippen molar-refractivity contribution in [3.05, 3.63) is 35.9 Å². The van der Waals surface area contributed by atoms with E-state index in [1.54, 1.807) is 0 Å². The van der Waals surface area contributed by atoms with Gasteiger partial charge in [-0.3, -0.25) is 0 Å². The van der Waals surface area contributed by atoms with E-state index >= 15 is 0 Å². The normalized spacial score (nSPS) is 20.9. The maximum absolute atomic E-state index is 6.10. The Labute approximate surface area is 98.2 Å². The SMILES string of the molecule is CC(OC1CCN(C)CC1)c1ccccc1. The third kappa shape index (κ3) is 3.06. The average molecular weight is 219 g/mol. The fourth-order valence-electron chi connectivity index (χ4n) is 2.21. The fraction of sp³-hybridized carbons (Fsp3) is 0.571. The Morgan fingerprint density at radius 3 is 2.44 bits per heavy atom. The van der Waals surface area contributed by atoms with E-state index in [0.717, 1.165) is 25.9 Å². The molecule has 0 bridgehead atoms. The van der Waals surface area contributed by atoms with Crippen LogP contribution in [-0.2, 0) is 4.74 Å². The van der Waals surface area contributed by atoms with Crippen LogP contribution in [0, 0.1) is 0 Å². The Hall–Kier alpha value is -0.860. The smallest absolute Gasteiger partial charge is 0.0800 e. The van der Waals surface area contributed by atoms with Crippen LogP contribution in [0.4, 0.5) is 0 Å². The van der Waals surface area contributed by atoms with Gasteiger partial charge in [-0.15, -0.1) is 0 Å². The van der Waals surface area contributed by atoms with Crippen LogP contribution in [0.25, 0.3) is 0 Å². The van der Waals surface area contributed by atoms with Crippen molar-refractivity contribution in [3.63, 3.8) is 0 Å². The minimum atomic E-state index is 0.217. The zero-order valence-corrected chi connectivity index (χ0v) is 10.2. The van der Waals surface area contributed by atoms with Gasteiger partial charge in [-0.05, 0) is 32.4 Å². The lowest BCUT2D eigenvalue weighted by Gasteiger charge is -2.31. The molecule has 0 radical (unpaired) electrons. The lowest BCUT2D eigenvalue weighted by molar-refractivity contribution is -0.0328. The van der Waals surface area contributed by atoms with E-state index < -0.39 is 0 Å². The van der Waals surface area contributed by atoms with E-state index in [1.807, 2.05) is 6.07 Å². The predicted octanol–water partition coefficient (Wildman–Crippen LogP) is 2.86. The summed E-state index contributed by atoms with van der Waals surface area (Å²) in [7, 11) is 2.18. The van der Waals surface area contributed by atoms with Crippen molar-refractivity contribution < 1.29 is 4.74 Å². The van der Waals surface area contributed by atoms with E-state index in [2.05, 4.69) is 43.1 Å². The van der Waals surface area contributed by atoms with Gasteiger partial charge >= 0.3 is 0 Å². The number of likely N-dealkylation sites (tertiary alicyclic amines) is 1. The van der Waals surface area contributed by atoms with Gasteiger partial charge in [0.25, 0.3) is 0 Å². The first-order chi connectivity index (χ1) is 7.75. The molecule has 1 aliphatic rings. The second kappa shape index (κ2) is 5.46. The minimum absolute atomic E-state index is 0.217. The van der Waals surface area contributed by atoms with Gasteiger partial charge in [-0.25, -0.2) is 0 Å². The first kappa shape index (κ1) is 11.6. The van der Waals surface area contributed by atoms with Gasteiger partial charge in [0.1, 0.15) is 0 Å². The maximum Gasteiger partial charge on any atom is 0.0800 e. The van der Waals surface area contributed by atoms with Gasteiger partial charge in [-0.1, -0.05) is 30.3 Å². The van der Waals surface area contributed by atoms with Gasteiger partial charge in [0.15, 0.2) is 0 Å². The summed E-state index contributed by atoms with van der Waals surface area (Å²) >= 11 is 0. The molecule has 1 aromatic carbocycles. The molecule has 1 atom stereocenters. The van der Waals surface area contributed by atoms with Crippen LogP contribution in [-0.4, -0.2) is 31.1 Å². The Kier molecular flexibility index (Phi) is 3.97. The van der Waals surface area contributed by atoms with Crippen LogP contribution in [0.15, 0.2) is 30.3 Å². The molecule has 0 aromatic heterocycles. The van der Waals surface area contributed by atoms with E-state index in [-0.39, 0.29) is 6.10 Å². The van der Waals surface area contributed by atoms with E-state index in [9.17, 15) is 0 Å². The lowest BCUT2D eigenvalue weighted by atomic mass is 10.1. The van der Waals surface area contributed by atoms with E-state index in [4.69, 9.17) is 4.74 Å². The summed E-state index contributed by atoms with van der Waals surface area (Å²) in [6.45, 7) is 4.46. The summed E-state index contributed by atoms with van der Waals surface area (Å²) in [5.74, 6) is 0. The molecule has 0 N–H and O–H groups in total. The second-order valence-corrected chi connectivity index (χ2v) is 4.69. The van der Waals surface area contributed by atoms with Crippen LogP contribution in [0.5, 0.6) is 0 Å².